The molecule has 2 nitrogen and oxygen atoms in total. The number of cyclic esters (lactones) is 1. The van der Waals surface area contributed by atoms with Gasteiger partial charge in [-0.2, -0.15) is 0 Å². The molecule has 1 fully saturated rings. The maximum Gasteiger partial charge on any atom is 0.307 e. The van der Waals surface area contributed by atoms with Crippen molar-refractivity contribution in [2.24, 2.45) is 5.92 Å². The third kappa shape index (κ3) is 2.87. The zero-order valence-corrected chi connectivity index (χ0v) is 9.27. The molecule has 0 saturated carbocycles. The molecule has 1 heterocycles. The fraction of sp³-hybridized carbons (Fsp3) is 0.357. The number of esters is 1. The summed E-state index contributed by atoms with van der Waals surface area (Å²) < 4.78 is 5.06. The molecule has 0 radical (unpaired) electrons. The molecule has 1 aromatic rings. The fourth-order valence-corrected chi connectivity index (χ4v) is 1.82. The largest absolute Gasteiger partial charge is 0.463 e. The van der Waals surface area contributed by atoms with Crippen molar-refractivity contribution in [3.63, 3.8) is 0 Å². The molecule has 0 spiro atoms. The molecule has 2 atom stereocenters. The lowest BCUT2D eigenvalue weighted by Crippen LogP contribution is -2.26. The van der Waals surface area contributed by atoms with Gasteiger partial charge >= 0.3 is 5.97 Å². The lowest BCUT2D eigenvalue weighted by Gasteiger charge is -2.22. The molecule has 1 saturated heterocycles. The molecule has 2 unspecified atom stereocenters. The Bertz CT molecular complexity index is 425. The van der Waals surface area contributed by atoms with Crippen LogP contribution in [0.1, 0.15) is 25.3 Å². The van der Waals surface area contributed by atoms with Crippen LogP contribution in [0.2, 0.25) is 0 Å². The van der Waals surface area contributed by atoms with Crippen molar-refractivity contribution in [1.29, 1.82) is 0 Å². The molecule has 82 valence electrons. The summed E-state index contributed by atoms with van der Waals surface area (Å²) in [5, 5.41) is 0. The normalized spacial score (nSPS) is 24.2. The molecule has 0 amide bonds. The topological polar surface area (TPSA) is 26.3 Å². The number of benzene rings is 1. The first-order valence-corrected chi connectivity index (χ1v) is 5.50. The zero-order valence-electron chi connectivity index (χ0n) is 9.27. The number of rotatable bonds is 0. The van der Waals surface area contributed by atoms with Crippen LogP contribution in [0.5, 0.6) is 0 Å². The highest BCUT2D eigenvalue weighted by atomic mass is 16.5. The summed E-state index contributed by atoms with van der Waals surface area (Å²) in [5.74, 6) is 6.25. The van der Waals surface area contributed by atoms with Crippen LogP contribution in [0.25, 0.3) is 0 Å². The Morgan fingerprint density at radius 3 is 2.75 bits per heavy atom. The van der Waals surface area contributed by atoms with E-state index in [9.17, 15) is 4.79 Å². The summed E-state index contributed by atoms with van der Waals surface area (Å²) in [7, 11) is 0. The Balaban J connectivity index is 2.05. The summed E-state index contributed by atoms with van der Waals surface area (Å²) in [4.78, 5) is 11.2. The van der Waals surface area contributed by atoms with E-state index in [1.807, 2.05) is 37.3 Å². The lowest BCUT2D eigenvalue weighted by molar-refractivity contribution is -0.154. The molecular weight excluding hydrogens is 200 g/mol. The molecular formula is C14H14O2. The van der Waals surface area contributed by atoms with E-state index >= 15 is 0 Å². The summed E-state index contributed by atoms with van der Waals surface area (Å²) >= 11 is 0. The maximum atomic E-state index is 11.2. The lowest BCUT2D eigenvalue weighted by atomic mass is 9.96. The van der Waals surface area contributed by atoms with Gasteiger partial charge in [0.2, 0.25) is 0 Å². The van der Waals surface area contributed by atoms with Gasteiger partial charge in [-0.05, 0) is 25.5 Å². The highest BCUT2D eigenvalue weighted by molar-refractivity contribution is 5.71. The maximum absolute atomic E-state index is 11.2. The van der Waals surface area contributed by atoms with Crippen LogP contribution < -0.4 is 0 Å². The highest BCUT2D eigenvalue weighted by Gasteiger charge is 2.24. The number of carbonyl (C=O) groups is 1. The Kier molecular flexibility index (Phi) is 3.26. The molecule has 0 aliphatic carbocycles. The van der Waals surface area contributed by atoms with E-state index in [0.29, 0.717) is 6.42 Å². The van der Waals surface area contributed by atoms with Gasteiger partial charge in [-0.15, -0.1) is 0 Å². The average molecular weight is 214 g/mol. The Morgan fingerprint density at radius 2 is 2.06 bits per heavy atom. The van der Waals surface area contributed by atoms with Gasteiger partial charge in [0, 0.05) is 11.5 Å². The van der Waals surface area contributed by atoms with Crippen molar-refractivity contribution in [1.82, 2.24) is 0 Å². The molecule has 16 heavy (non-hydrogen) atoms. The first kappa shape index (κ1) is 10.8. The second-order valence-corrected chi connectivity index (χ2v) is 4.07. The van der Waals surface area contributed by atoms with Crippen LogP contribution >= 0.6 is 0 Å². The molecule has 0 N–H and O–H groups in total. The van der Waals surface area contributed by atoms with Crippen LogP contribution in [0.15, 0.2) is 30.3 Å². The Labute approximate surface area is 95.6 Å². The predicted molar refractivity (Wildman–Crippen MR) is 61.6 cm³/mol. The SMILES string of the molecule is CC1CC(C#Cc2ccccc2)CC(=O)O1. The van der Waals surface area contributed by atoms with Crippen LogP contribution in [-0.2, 0) is 9.53 Å². The number of ether oxygens (including phenoxy) is 1. The first-order valence-electron chi connectivity index (χ1n) is 5.50. The smallest absolute Gasteiger partial charge is 0.307 e. The second-order valence-electron chi connectivity index (χ2n) is 4.07. The van der Waals surface area contributed by atoms with Crippen LogP contribution in [0.4, 0.5) is 0 Å². The van der Waals surface area contributed by atoms with Gasteiger partial charge in [0.25, 0.3) is 0 Å². The Hall–Kier alpha value is -1.75. The van der Waals surface area contributed by atoms with Gasteiger partial charge in [0.1, 0.15) is 6.10 Å². The molecule has 0 bridgehead atoms. The predicted octanol–water partition coefficient (Wildman–Crippen LogP) is 2.38. The minimum absolute atomic E-state index is 0.00340. The fourth-order valence-electron chi connectivity index (χ4n) is 1.82. The monoisotopic (exact) mass is 214 g/mol. The standard InChI is InChI=1S/C14H14O2/c1-11-9-13(10-14(15)16-11)8-7-12-5-3-2-4-6-12/h2-6,11,13H,9-10H2,1H3. The first-order chi connectivity index (χ1) is 7.74. The van der Waals surface area contributed by atoms with Gasteiger partial charge in [-0.25, -0.2) is 0 Å². The van der Waals surface area contributed by atoms with Gasteiger partial charge < -0.3 is 4.74 Å². The summed E-state index contributed by atoms with van der Waals surface area (Å²) in [5.41, 5.74) is 0.995. The quantitative estimate of drug-likeness (QED) is 0.489. The van der Waals surface area contributed by atoms with Gasteiger partial charge in [-0.3, -0.25) is 4.79 Å². The van der Waals surface area contributed by atoms with Crippen molar-refractivity contribution in [2.45, 2.75) is 25.9 Å². The van der Waals surface area contributed by atoms with Gasteiger partial charge in [-0.1, -0.05) is 30.0 Å². The minimum Gasteiger partial charge on any atom is -0.463 e. The van der Waals surface area contributed by atoms with E-state index in [1.54, 1.807) is 0 Å². The highest BCUT2D eigenvalue weighted by Crippen LogP contribution is 2.20. The molecule has 2 rings (SSSR count). The molecule has 1 aromatic carbocycles. The summed E-state index contributed by atoms with van der Waals surface area (Å²) in [6.07, 6.45) is 1.26. The third-order valence-electron chi connectivity index (χ3n) is 2.56. The number of hydrogen-bond donors (Lipinski definition) is 0. The van der Waals surface area contributed by atoms with Crippen molar-refractivity contribution in [2.75, 3.05) is 0 Å². The van der Waals surface area contributed by atoms with Crippen LogP contribution in [-0.4, -0.2) is 12.1 Å². The second kappa shape index (κ2) is 4.85. The van der Waals surface area contributed by atoms with E-state index in [-0.39, 0.29) is 18.0 Å². The van der Waals surface area contributed by atoms with E-state index in [0.717, 1.165) is 12.0 Å². The van der Waals surface area contributed by atoms with E-state index in [1.165, 1.54) is 0 Å². The van der Waals surface area contributed by atoms with Gasteiger partial charge in [0.05, 0.1) is 6.42 Å². The van der Waals surface area contributed by atoms with Crippen LogP contribution in [0, 0.1) is 17.8 Å². The zero-order chi connectivity index (χ0) is 11.4. The molecule has 1 aliphatic rings. The van der Waals surface area contributed by atoms with E-state index < -0.39 is 0 Å². The van der Waals surface area contributed by atoms with Crippen molar-refractivity contribution < 1.29 is 9.53 Å². The van der Waals surface area contributed by atoms with Crippen molar-refractivity contribution in [3.05, 3.63) is 35.9 Å². The Morgan fingerprint density at radius 1 is 1.31 bits per heavy atom. The number of hydrogen-bond acceptors (Lipinski definition) is 2. The summed E-state index contributed by atoms with van der Waals surface area (Å²) in [6, 6.07) is 9.82. The van der Waals surface area contributed by atoms with Gasteiger partial charge in [0.15, 0.2) is 0 Å². The number of carbonyl (C=O) groups excluding carboxylic acids is 1. The van der Waals surface area contributed by atoms with Crippen molar-refractivity contribution >= 4 is 5.97 Å². The van der Waals surface area contributed by atoms with E-state index in [2.05, 4.69) is 11.8 Å². The molecule has 2 heteroatoms. The third-order valence-corrected chi connectivity index (χ3v) is 2.56. The minimum atomic E-state index is -0.133. The van der Waals surface area contributed by atoms with E-state index in [4.69, 9.17) is 4.74 Å². The summed E-state index contributed by atoms with van der Waals surface area (Å²) in [6.45, 7) is 1.91. The van der Waals surface area contributed by atoms with Crippen LogP contribution in [0.3, 0.4) is 0 Å². The van der Waals surface area contributed by atoms with Crippen molar-refractivity contribution in [3.8, 4) is 11.8 Å². The molecule has 0 aromatic heterocycles. The molecule has 1 aliphatic heterocycles. The average Bonchev–Trinajstić information content (AvgIpc) is 2.27.